The molecule has 0 aromatic carbocycles. The van der Waals surface area contributed by atoms with E-state index in [0.717, 1.165) is 11.1 Å². The molecule has 0 amide bonds. The van der Waals surface area contributed by atoms with Crippen molar-refractivity contribution in [2.24, 2.45) is 0 Å². The molecule has 15 heavy (non-hydrogen) atoms. The highest BCUT2D eigenvalue weighted by Crippen LogP contribution is 1.92. The lowest BCUT2D eigenvalue weighted by molar-refractivity contribution is 0.0450. The number of aliphatic hydroxyl groups is 3. The quantitative estimate of drug-likeness (QED) is 0.567. The van der Waals surface area contributed by atoms with Gasteiger partial charge in [0.15, 0.2) is 0 Å². The van der Waals surface area contributed by atoms with Gasteiger partial charge in [-0.3, -0.25) is 0 Å². The van der Waals surface area contributed by atoms with Gasteiger partial charge in [0.25, 0.3) is 0 Å². The second-order valence-electron chi connectivity index (χ2n) is 3.43. The molecule has 90 valence electrons. The smallest absolute Gasteiger partial charge is 0.100 e. The highest BCUT2D eigenvalue weighted by Gasteiger charge is 1.93. The third kappa shape index (κ3) is 19.7. The maximum atomic E-state index is 8.17. The molecule has 0 bridgehead atoms. The third-order valence-corrected chi connectivity index (χ3v) is 1.12. The molecular formula is C11H22O4. The molecule has 0 atom stereocenters. The zero-order chi connectivity index (χ0) is 12.3. The van der Waals surface area contributed by atoms with Gasteiger partial charge in [0.1, 0.15) is 6.10 Å². The molecule has 0 fully saturated rings. The van der Waals surface area contributed by atoms with Crippen molar-refractivity contribution in [2.45, 2.75) is 20.0 Å². The van der Waals surface area contributed by atoms with E-state index < -0.39 is 6.10 Å². The molecule has 0 spiro atoms. The van der Waals surface area contributed by atoms with Crippen LogP contribution in [0.4, 0.5) is 0 Å². The zero-order valence-corrected chi connectivity index (χ0v) is 9.57. The Bertz CT molecular complexity index is 159. The van der Waals surface area contributed by atoms with Crippen molar-refractivity contribution in [1.29, 1.82) is 0 Å². The molecule has 0 aliphatic carbocycles. The Balaban J connectivity index is 0. The van der Waals surface area contributed by atoms with E-state index in [1.54, 1.807) is 0 Å². The molecule has 0 saturated carbocycles. The molecule has 0 unspecified atom stereocenters. The van der Waals surface area contributed by atoms with Gasteiger partial charge in [-0.2, -0.15) is 0 Å². The summed E-state index contributed by atoms with van der Waals surface area (Å²) in [5.41, 5.74) is 2.10. The molecule has 4 nitrogen and oxygen atoms in total. The van der Waals surface area contributed by atoms with E-state index in [9.17, 15) is 0 Å². The molecule has 0 aliphatic heterocycles. The van der Waals surface area contributed by atoms with Crippen LogP contribution in [0.15, 0.2) is 24.3 Å². The monoisotopic (exact) mass is 218 g/mol. The van der Waals surface area contributed by atoms with Crippen LogP contribution in [0.5, 0.6) is 0 Å². The van der Waals surface area contributed by atoms with Crippen LogP contribution in [0.25, 0.3) is 0 Å². The molecule has 0 rings (SSSR count). The number of hydrogen-bond acceptors (Lipinski definition) is 4. The highest BCUT2D eigenvalue weighted by molar-refractivity contribution is 4.91. The molecule has 0 aromatic rings. The fourth-order valence-electron chi connectivity index (χ4n) is 0.457. The average molecular weight is 218 g/mol. The second-order valence-corrected chi connectivity index (χ2v) is 3.43. The topological polar surface area (TPSA) is 69.9 Å². The van der Waals surface area contributed by atoms with E-state index in [-0.39, 0.29) is 13.2 Å². The SMILES string of the molecule is C=C(C)COCC(=C)C.OCC(O)CO. The maximum absolute atomic E-state index is 8.17. The van der Waals surface area contributed by atoms with E-state index in [0.29, 0.717) is 13.2 Å². The van der Waals surface area contributed by atoms with Crippen molar-refractivity contribution in [2.75, 3.05) is 26.4 Å². The standard InChI is InChI=1S/C8H14O.C3H8O3/c1-7(2)5-9-6-8(3)4;4-1-3(6)2-5/h1,3,5-6H2,2,4H3;3-6H,1-2H2. The molecule has 3 N–H and O–H groups in total. The normalized spacial score (nSPS) is 9.47. The van der Waals surface area contributed by atoms with Gasteiger partial charge >= 0.3 is 0 Å². The summed E-state index contributed by atoms with van der Waals surface area (Å²) < 4.78 is 5.16. The summed E-state index contributed by atoms with van der Waals surface area (Å²) in [7, 11) is 0. The predicted molar refractivity (Wildman–Crippen MR) is 60.6 cm³/mol. The lowest BCUT2D eigenvalue weighted by Gasteiger charge is -2.00. The van der Waals surface area contributed by atoms with Gasteiger partial charge in [0.05, 0.1) is 26.4 Å². The van der Waals surface area contributed by atoms with E-state index in [1.807, 2.05) is 13.8 Å². The lowest BCUT2D eigenvalue weighted by atomic mass is 10.3. The van der Waals surface area contributed by atoms with Crippen LogP contribution >= 0.6 is 0 Å². The first-order valence-electron chi connectivity index (χ1n) is 4.70. The van der Waals surface area contributed by atoms with Crippen molar-refractivity contribution < 1.29 is 20.1 Å². The van der Waals surface area contributed by atoms with E-state index in [4.69, 9.17) is 20.1 Å². The first kappa shape index (κ1) is 16.7. The van der Waals surface area contributed by atoms with Gasteiger partial charge in [-0.25, -0.2) is 0 Å². The minimum Gasteiger partial charge on any atom is -0.394 e. The van der Waals surface area contributed by atoms with Crippen LogP contribution < -0.4 is 0 Å². The fourth-order valence-corrected chi connectivity index (χ4v) is 0.457. The second kappa shape index (κ2) is 11.4. The number of rotatable bonds is 6. The molecule has 0 heterocycles. The first-order valence-corrected chi connectivity index (χ1v) is 4.70. The van der Waals surface area contributed by atoms with E-state index >= 15 is 0 Å². The summed E-state index contributed by atoms with van der Waals surface area (Å²) in [6.07, 6.45) is -0.954. The van der Waals surface area contributed by atoms with Crippen LogP contribution in [0, 0.1) is 0 Å². The van der Waals surface area contributed by atoms with Crippen molar-refractivity contribution in [1.82, 2.24) is 0 Å². The Morgan fingerprint density at radius 1 is 1.07 bits per heavy atom. The van der Waals surface area contributed by atoms with Crippen LogP contribution in [0.2, 0.25) is 0 Å². The van der Waals surface area contributed by atoms with Gasteiger partial charge < -0.3 is 20.1 Å². The summed E-state index contributed by atoms with van der Waals surface area (Å²) in [5.74, 6) is 0. The molecule has 0 saturated heterocycles. The van der Waals surface area contributed by atoms with Gasteiger partial charge in [0, 0.05) is 0 Å². The average Bonchev–Trinajstić information content (AvgIpc) is 2.16. The Morgan fingerprint density at radius 2 is 1.40 bits per heavy atom. The number of aliphatic hydroxyl groups excluding tert-OH is 3. The minimum absolute atomic E-state index is 0.365. The van der Waals surface area contributed by atoms with Crippen molar-refractivity contribution in [3.05, 3.63) is 24.3 Å². The number of hydrogen-bond donors (Lipinski definition) is 3. The summed E-state index contributed by atoms with van der Waals surface area (Å²) in [6, 6.07) is 0. The van der Waals surface area contributed by atoms with Gasteiger partial charge in [0.2, 0.25) is 0 Å². The number of ether oxygens (including phenoxy) is 1. The molecule has 0 aliphatic rings. The van der Waals surface area contributed by atoms with Gasteiger partial charge in [-0.05, 0) is 13.8 Å². The van der Waals surface area contributed by atoms with Gasteiger partial charge in [-0.15, -0.1) is 0 Å². The van der Waals surface area contributed by atoms with Gasteiger partial charge in [-0.1, -0.05) is 24.3 Å². The van der Waals surface area contributed by atoms with E-state index in [2.05, 4.69) is 13.2 Å². The van der Waals surface area contributed by atoms with Crippen LogP contribution in [0.1, 0.15) is 13.8 Å². The largest absolute Gasteiger partial charge is 0.394 e. The Hall–Kier alpha value is -0.680. The summed E-state index contributed by atoms with van der Waals surface area (Å²) >= 11 is 0. The van der Waals surface area contributed by atoms with E-state index in [1.165, 1.54) is 0 Å². The van der Waals surface area contributed by atoms with Crippen LogP contribution in [-0.4, -0.2) is 47.9 Å². The zero-order valence-electron chi connectivity index (χ0n) is 9.57. The first-order chi connectivity index (χ1) is 6.93. The van der Waals surface area contributed by atoms with Crippen LogP contribution in [-0.2, 0) is 4.74 Å². The molecule has 4 heteroatoms. The van der Waals surface area contributed by atoms with Crippen molar-refractivity contribution in [3.8, 4) is 0 Å². The Morgan fingerprint density at radius 3 is 1.53 bits per heavy atom. The van der Waals surface area contributed by atoms with Crippen molar-refractivity contribution >= 4 is 0 Å². The maximum Gasteiger partial charge on any atom is 0.100 e. The minimum atomic E-state index is -0.954. The predicted octanol–water partition coefficient (Wildman–Crippen LogP) is 0.487. The van der Waals surface area contributed by atoms with Crippen LogP contribution in [0.3, 0.4) is 0 Å². The summed E-state index contributed by atoms with van der Waals surface area (Å²) in [5, 5.41) is 24.0. The fraction of sp³-hybridized carbons (Fsp3) is 0.636. The third-order valence-electron chi connectivity index (χ3n) is 1.12. The highest BCUT2D eigenvalue weighted by atomic mass is 16.5. The molecule has 0 radical (unpaired) electrons. The van der Waals surface area contributed by atoms with Crippen molar-refractivity contribution in [3.63, 3.8) is 0 Å². The Labute approximate surface area is 91.5 Å². The molecule has 0 aromatic heterocycles. The summed E-state index contributed by atoms with van der Waals surface area (Å²) in [6.45, 7) is 11.8. The molecular weight excluding hydrogens is 196 g/mol. The lowest BCUT2D eigenvalue weighted by Crippen LogP contribution is -2.15. The summed E-state index contributed by atoms with van der Waals surface area (Å²) in [4.78, 5) is 0. The Kier molecular flexibility index (Phi) is 12.7.